The van der Waals surface area contributed by atoms with Gasteiger partial charge in [-0.25, -0.2) is 0 Å². The third kappa shape index (κ3) is 4.41. The van der Waals surface area contributed by atoms with Gasteiger partial charge in [0.05, 0.1) is 11.7 Å². The highest BCUT2D eigenvalue weighted by molar-refractivity contribution is 6.46. The van der Waals surface area contributed by atoms with Crippen LogP contribution < -0.4 is 4.74 Å². The van der Waals surface area contributed by atoms with Crippen molar-refractivity contribution in [1.29, 1.82) is 0 Å². The van der Waals surface area contributed by atoms with Gasteiger partial charge in [-0.1, -0.05) is 0 Å². The number of ketones is 1. The molecule has 1 amide bonds. The number of aryl methyl sites for hydroxylation is 1. The lowest BCUT2D eigenvalue weighted by Crippen LogP contribution is -2.35. The summed E-state index contributed by atoms with van der Waals surface area (Å²) in [6, 6.07) is 9.54. The van der Waals surface area contributed by atoms with Crippen LogP contribution in [0.4, 0.5) is 0 Å². The molecule has 1 saturated heterocycles. The minimum Gasteiger partial charge on any atom is -0.507 e. The van der Waals surface area contributed by atoms with Crippen molar-refractivity contribution in [1.82, 2.24) is 9.80 Å². The molecule has 2 aromatic rings. The van der Waals surface area contributed by atoms with Crippen molar-refractivity contribution in [3.63, 3.8) is 0 Å². The van der Waals surface area contributed by atoms with Gasteiger partial charge in [-0.2, -0.15) is 0 Å². The number of nitrogens with zero attached hydrogens (tertiary/aromatic N) is 2. The molecule has 1 N–H and O–H groups in total. The second-order valence-electron chi connectivity index (χ2n) is 7.94. The molecule has 0 saturated carbocycles. The van der Waals surface area contributed by atoms with Gasteiger partial charge in [0.15, 0.2) is 0 Å². The van der Waals surface area contributed by atoms with Gasteiger partial charge >= 0.3 is 0 Å². The number of benzene rings is 1. The van der Waals surface area contributed by atoms with Crippen LogP contribution in [0, 0.1) is 6.92 Å². The van der Waals surface area contributed by atoms with Gasteiger partial charge in [-0.3, -0.25) is 9.59 Å². The Kier molecular flexibility index (Phi) is 6.31. The van der Waals surface area contributed by atoms with Crippen LogP contribution in [0.1, 0.15) is 37.0 Å². The number of aliphatic hydroxyl groups excluding tert-OH is 1. The van der Waals surface area contributed by atoms with Gasteiger partial charge in [0.1, 0.15) is 29.1 Å². The number of hydrogen-bond acceptors (Lipinski definition) is 6. The van der Waals surface area contributed by atoms with Crippen molar-refractivity contribution < 1.29 is 23.8 Å². The third-order valence-electron chi connectivity index (χ3n) is 4.86. The van der Waals surface area contributed by atoms with Crippen molar-refractivity contribution in [2.45, 2.75) is 32.9 Å². The number of furan rings is 1. The van der Waals surface area contributed by atoms with E-state index in [4.69, 9.17) is 9.15 Å². The normalized spacial score (nSPS) is 18.6. The van der Waals surface area contributed by atoms with E-state index in [1.807, 2.05) is 32.8 Å². The number of rotatable bonds is 7. The Morgan fingerprint density at radius 3 is 2.37 bits per heavy atom. The quantitative estimate of drug-likeness (QED) is 0.427. The summed E-state index contributed by atoms with van der Waals surface area (Å²) < 4.78 is 11.4. The molecule has 0 aliphatic carbocycles. The molecule has 0 radical (unpaired) electrons. The highest BCUT2D eigenvalue weighted by Crippen LogP contribution is 2.40. The number of amides is 1. The highest BCUT2D eigenvalue weighted by Gasteiger charge is 2.47. The van der Waals surface area contributed by atoms with Gasteiger partial charge in [0.25, 0.3) is 11.7 Å². The molecular weight excluding hydrogens is 384 g/mol. The number of ether oxygens (including phenoxy) is 1. The van der Waals surface area contributed by atoms with E-state index >= 15 is 0 Å². The lowest BCUT2D eigenvalue weighted by molar-refractivity contribution is -0.140. The van der Waals surface area contributed by atoms with E-state index in [0.717, 1.165) is 0 Å². The fraction of sp³-hybridized carbons (Fsp3) is 0.391. The summed E-state index contributed by atoms with van der Waals surface area (Å²) in [6.07, 6.45) is 0.0219. The van der Waals surface area contributed by atoms with Crippen LogP contribution in [-0.2, 0) is 9.59 Å². The third-order valence-corrected chi connectivity index (χ3v) is 4.86. The molecule has 7 nitrogen and oxygen atoms in total. The lowest BCUT2D eigenvalue weighted by Gasteiger charge is -2.24. The van der Waals surface area contributed by atoms with Crippen LogP contribution in [-0.4, -0.2) is 59.9 Å². The SMILES string of the molecule is Cc1ccc([C@H]2/C(=C(\O)c3ccc(OC(C)C)cc3)C(=O)C(=O)N2CCN(C)C)o1. The van der Waals surface area contributed by atoms with Gasteiger partial charge in [0.2, 0.25) is 0 Å². The van der Waals surface area contributed by atoms with Gasteiger partial charge in [0, 0.05) is 18.7 Å². The molecule has 2 heterocycles. The highest BCUT2D eigenvalue weighted by atomic mass is 16.5. The fourth-order valence-electron chi connectivity index (χ4n) is 3.43. The van der Waals surface area contributed by atoms with E-state index in [-0.39, 0.29) is 17.4 Å². The Balaban J connectivity index is 2.04. The van der Waals surface area contributed by atoms with Gasteiger partial charge < -0.3 is 24.1 Å². The predicted octanol–water partition coefficient (Wildman–Crippen LogP) is 3.36. The van der Waals surface area contributed by atoms with E-state index in [9.17, 15) is 14.7 Å². The summed E-state index contributed by atoms with van der Waals surface area (Å²) in [5.41, 5.74) is 0.468. The smallest absolute Gasteiger partial charge is 0.295 e. The average molecular weight is 412 g/mol. The summed E-state index contributed by atoms with van der Waals surface area (Å²) >= 11 is 0. The zero-order chi connectivity index (χ0) is 22.0. The molecule has 3 rings (SSSR count). The van der Waals surface area contributed by atoms with Crippen molar-refractivity contribution >= 4 is 17.4 Å². The summed E-state index contributed by atoms with van der Waals surface area (Å²) in [5, 5.41) is 11.0. The first-order valence-corrected chi connectivity index (χ1v) is 9.95. The fourth-order valence-corrected chi connectivity index (χ4v) is 3.43. The van der Waals surface area contributed by atoms with Crippen molar-refractivity contribution in [2.75, 3.05) is 27.2 Å². The largest absolute Gasteiger partial charge is 0.507 e. The number of likely N-dealkylation sites (tertiary alicyclic amines) is 1. The first-order chi connectivity index (χ1) is 14.2. The molecule has 30 heavy (non-hydrogen) atoms. The topological polar surface area (TPSA) is 83.2 Å². The summed E-state index contributed by atoms with van der Waals surface area (Å²) in [4.78, 5) is 29.1. The van der Waals surface area contributed by atoms with Crippen LogP contribution in [0.25, 0.3) is 5.76 Å². The average Bonchev–Trinajstić information content (AvgIpc) is 3.21. The number of carbonyl (C=O) groups is 2. The summed E-state index contributed by atoms with van der Waals surface area (Å²) in [7, 11) is 3.78. The Morgan fingerprint density at radius 2 is 1.83 bits per heavy atom. The van der Waals surface area contributed by atoms with Crippen LogP contribution in [0.2, 0.25) is 0 Å². The molecule has 7 heteroatoms. The number of likely N-dealkylation sites (N-methyl/N-ethyl adjacent to an activating group) is 1. The minimum absolute atomic E-state index is 0.0219. The van der Waals surface area contributed by atoms with E-state index in [0.29, 0.717) is 35.9 Å². The summed E-state index contributed by atoms with van der Waals surface area (Å²) in [6.45, 7) is 6.55. The van der Waals surface area contributed by atoms with Crippen molar-refractivity contribution in [2.24, 2.45) is 0 Å². The van der Waals surface area contributed by atoms with E-state index in [2.05, 4.69) is 0 Å². The second-order valence-corrected chi connectivity index (χ2v) is 7.94. The summed E-state index contributed by atoms with van der Waals surface area (Å²) in [5.74, 6) is 0.192. The van der Waals surface area contributed by atoms with Crippen LogP contribution >= 0.6 is 0 Å². The molecule has 0 spiro atoms. The maximum Gasteiger partial charge on any atom is 0.295 e. The Bertz CT molecular complexity index is 956. The Morgan fingerprint density at radius 1 is 1.17 bits per heavy atom. The zero-order valence-corrected chi connectivity index (χ0v) is 18.0. The molecule has 1 atom stereocenters. The van der Waals surface area contributed by atoms with E-state index in [1.165, 1.54) is 4.90 Å². The van der Waals surface area contributed by atoms with E-state index < -0.39 is 17.7 Å². The number of Topliss-reactive ketones (excluding diaryl/α,β-unsaturated/α-hetero) is 1. The minimum atomic E-state index is -0.773. The molecule has 1 aliphatic rings. The molecule has 1 aromatic heterocycles. The first kappa shape index (κ1) is 21.6. The number of carbonyl (C=O) groups excluding carboxylic acids is 2. The van der Waals surface area contributed by atoms with E-state index in [1.54, 1.807) is 43.3 Å². The molecule has 0 unspecified atom stereocenters. The Labute approximate surface area is 176 Å². The predicted molar refractivity (Wildman–Crippen MR) is 113 cm³/mol. The maximum absolute atomic E-state index is 12.9. The standard InChI is InChI=1S/C23H28N2O5/c1-14(2)29-17-9-7-16(8-10-17)21(26)19-20(18-11-6-15(3)30-18)25(13-12-24(4)5)23(28)22(19)27/h6-11,14,20,26H,12-13H2,1-5H3/b21-19+/t20-/m0/s1. The lowest BCUT2D eigenvalue weighted by atomic mass is 9.99. The number of aliphatic hydroxyl groups is 1. The van der Waals surface area contributed by atoms with Gasteiger partial charge in [-0.05, 0) is 71.3 Å². The monoisotopic (exact) mass is 412 g/mol. The Hall–Kier alpha value is -3.06. The molecule has 1 fully saturated rings. The second kappa shape index (κ2) is 8.75. The zero-order valence-electron chi connectivity index (χ0n) is 18.0. The molecule has 1 aliphatic heterocycles. The van der Waals surface area contributed by atoms with Crippen LogP contribution in [0.3, 0.4) is 0 Å². The molecular formula is C23H28N2O5. The van der Waals surface area contributed by atoms with Gasteiger partial charge in [-0.15, -0.1) is 0 Å². The van der Waals surface area contributed by atoms with Crippen LogP contribution in [0.15, 0.2) is 46.4 Å². The molecule has 0 bridgehead atoms. The van der Waals surface area contributed by atoms with Crippen molar-refractivity contribution in [3.05, 3.63) is 59.1 Å². The van der Waals surface area contributed by atoms with Crippen LogP contribution in [0.5, 0.6) is 5.75 Å². The first-order valence-electron chi connectivity index (χ1n) is 9.95. The number of hydrogen-bond donors (Lipinski definition) is 1. The van der Waals surface area contributed by atoms with Crippen molar-refractivity contribution in [3.8, 4) is 5.75 Å². The molecule has 1 aromatic carbocycles. The maximum atomic E-state index is 12.9. The molecule has 160 valence electrons.